The van der Waals surface area contributed by atoms with E-state index in [1.54, 1.807) is 31.2 Å². The summed E-state index contributed by atoms with van der Waals surface area (Å²) in [7, 11) is 0. The molecular weight excluding hydrogens is 323 g/mol. The van der Waals surface area contributed by atoms with Crippen LogP contribution in [0.1, 0.15) is 29.3 Å². The number of urea groups is 1. The molecule has 0 bridgehead atoms. The van der Waals surface area contributed by atoms with Crippen LogP contribution in [0.4, 0.5) is 9.18 Å². The fraction of sp³-hybridized carbons (Fsp3) is 0.211. The summed E-state index contributed by atoms with van der Waals surface area (Å²) in [6.45, 7) is 1.37. The van der Waals surface area contributed by atoms with E-state index in [0.717, 1.165) is 11.0 Å². The van der Waals surface area contributed by atoms with Crippen molar-refractivity contribution in [2.75, 3.05) is 6.54 Å². The van der Waals surface area contributed by atoms with E-state index >= 15 is 0 Å². The van der Waals surface area contributed by atoms with Crippen molar-refractivity contribution in [3.8, 4) is 0 Å². The Bertz CT molecular complexity index is 838. The lowest BCUT2D eigenvalue weighted by Gasteiger charge is -2.25. The number of halogens is 1. The van der Waals surface area contributed by atoms with Gasteiger partial charge >= 0.3 is 6.03 Å². The van der Waals surface area contributed by atoms with Gasteiger partial charge in [0.2, 0.25) is 0 Å². The van der Waals surface area contributed by atoms with E-state index in [2.05, 4.69) is 5.32 Å². The van der Waals surface area contributed by atoms with Crippen molar-refractivity contribution < 1.29 is 18.8 Å². The summed E-state index contributed by atoms with van der Waals surface area (Å²) < 4.78 is 13.3. The molecule has 0 aliphatic carbocycles. The molecule has 1 N–H and O–H groups in total. The molecule has 1 heterocycles. The standard InChI is InChI=1S/C19H17FN2O3/c1-2-19(14-8-4-3-5-9-14)17(24)22(18(25)21-19)12-16(23)13-7-6-10-15(20)11-13/h3-11H,2,12H2,1H3,(H,21,25)/t19-/m1/s1. The zero-order valence-corrected chi connectivity index (χ0v) is 13.7. The second-order valence-electron chi connectivity index (χ2n) is 5.88. The van der Waals surface area contributed by atoms with Crippen molar-refractivity contribution in [3.63, 3.8) is 0 Å². The van der Waals surface area contributed by atoms with E-state index in [9.17, 15) is 18.8 Å². The summed E-state index contributed by atoms with van der Waals surface area (Å²) in [5.74, 6) is -1.52. The lowest BCUT2D eigenvalue weighted by Crippen LogP contribution is -2.43. The molecule has 0 saturated carbocycles. The Balaban J connectivity index is 1.87. The summed E-state index contributed by atoms with van der Waals surface area (Å²) in [6, 6.07) is 13.5. The summed E-state index contributed by atoms with van der Waals surface area (Å²) in [4.78, 5) is 38.5. The minimum atomic E-state index is -1.18. The molecule has 1 atom stereocenters. The van der Waals surface area contributed by atoms with Gasteiger partial charge in [0, 0.05) is 5.56 Å². The number of ketones is 1. The highest BCUT2D eigenvalue weighted by molar-refractivity contribution is 6.11. The van der Waals surface area contributed by atoms with Crippen molar-refractivity contribution in [1.29, 1.82) is 0 Å². The van der Waals surface area contributed by atoms with Gasteiger partial charge in [-0.2, -0.15) is 0 Å². The highest BCUT2D eigenvalue weighted by atomic mass is 19.1. The smallest absolute Gasteiger partial charge is 0.319 e. The number of hydrogen-bond acceptors (Lipinski definition) is 3. The molecule has 128 valence electrons. The number of benzene rings is 2. The monoisotopic (exact) mass is 340 g/mol. The van der Waals surface area contributed by atoms with Gasteiger partial charge in [0.05, 0.1) is 6.54 Å². The van der Waals surface area contributed by atoms with E-state index in [4.69, 9.17) is 0 Å². The number of carbonyl (C=O) groups is 3. The molecule has 1 saturated heterocycles. The molecule has 0 radical (unpaired) electrons. The first-order valence-corrected chi connectivity index (χ1v) is 7.96. The molecule has 0 spiro atoms. The average Bonchev–Trinajstić information content (AvgIpc) is 2.87. The predicted molar refractivity (Wildman–Crippen MR) is 89.4 cm³/mol. The van der Waals surface area contributed by atoms with Crippen molar-refractivity contribution >= 4 is 17.7 Å². The number of nitrogens with one attached hydrogen (secondary N) is 1. The van der Waals surface area contributed by atoms with Gasteiger partial charge in [0.25, 0.3) is 5.91 Å². The quantitative estimate of drug-likeness (QED) is 0.672. The van der Waals surface area contributed by atoms with E-state index in [0.29, 0.717) is 12.0 Å². The molecule has 1 fully saturated rings. The number of hydrogen-bond donors (Lipinski definition) is 1. The van der Waals surface area contributed by atoms with Crippen LogP contribution < -0.4 is 5.32 Å². The molecule has 0 aromatic heterocycles. The molecule has 2 aromatic carbocycles. The molecule has 0 unspecified atom stereocenters. The van der Waals surface area contributed by atoms with Crippen LogP contribution in [0.15, 0.2) is 54.6 Å². The Morgan fingerprint density at radius 1 is 1.12 bits per heavy atom. The van der Waals surface area contributed by atoms with Crippen molar-refractivity contribution in [2.24, 2.45) is 0 Å². The molecule has 25 heavy (non-hydrogen) atoms. The minimum absolute atomic E-state index is 0.120. The molecule has 5 nitrogen and oxygen atoms in total. The van der Waals surface area contributed by atoms with Crippen LogP contribution in [-0.2, 0) is 10.3 Å². The number of amides is 3. The first kappa shape index (κ1) is 16.8. The number of rotatable bonds is 5. The maximum absolute atomic E-state index is 13.3. The van der Waals surface area contributed by atoms with Gasteiger partial charge in [-0.15, -0.1) is 0 Å². The average molecular weight is 340 g/mol. The Kier molecular flexibility index (Phi) is 4.35. The molecule has 3 amide bonds. The van der Waals surface area contributed by atoms with Crippen LogP contribution in [0.5, 0.6) is 0 Å². The highest BCUT2D eigenvalue weighted by Gasteiger charge is 2.51. The fourth-order valence-corrected chi connectivity index (χ4v) is 3.03. The van der Waals surface area contributed by atoms with E-state index in [-0.39, 0.29) is 5.56 Å². The van der Waals surface area contributed by atoms with Crippen molar-refractivity contribution in [1.82, 2.24) is 10.2 Å². The topological polar surface area (TPSA) is 66.5 Å². The SMILES string of the molecule is CC[C@]1(c2ccccc2)NC(=O)N(CC(=O)c2cccc(F)c2)C1=O. The maximum Gasteiger partial charge on any atom is 0.325 e. The van der Waals surface area contributed by atoms with Crippen LogP contribution in [0.25, 0.3) is 0 Å². The largest absolute Gasteiger partial charge is 0.325 e. The lowest BCUT2D eigenvalue weighted by molar-refractivity contribution is -0.131. The van der Waals surface area contributed by atoms with Gasteiger partial charge in [0.1, 0.15) is 11.4 Å². The Labute approximate surface area is 144 Å². The maximum atomic E-state index is 13.3. The number of Topliss-reactive ketones (excluding diaryl/α,β-unsaturated/α-hetero) is 1. The van der Waals surface area contributed by atoms with Gasteiger partial charge in [-0.3, -0.25) is 14.5 Å². The summed E-state index contributed by atoms with van der Waals surface area (Å²) >= 11 is 0. The van der Waals surface area contributed by atoms with Crippen molar-refractivity contribution in [2.45, 2.75) is 18.9 Å². The van der Waals surface area contributed by atoms with E-state index in [1.165, 1.54) is 18.2 Å². The Morgan fingerprint density at radius 2 is 1.84 bits per heavy atom. The van der Waals surface area contributed by atoms with Gasteiger partial charge in [-0.25, -0.2) is 9.18 Å². The molecule has 6 heteroatoms. The molecule has 2 aromatic rings. The van der Waals surface area contributed by atoms with E-state index < -0.39 is 35.6 Å². The van der Waals surface area contributed by atoms with Gasteiger partial charge < -0.3 is 5.32 Å². The molecule has 3 rings (SSSR count). The first-order valence-electron chi connectivity index (χ1n) is 7.96. The normalized spacial score (nSPS) is 19.8. The lowest BCUT2D eigenvalue weighted by atomic mass is 9.87. The zero-order chi connectivity index (χ0) is 18.0. The molecule has 1 aliphatic rings. The predicted octanol–water partition coefficient (Wildman–Crippen LogP) is 2.87. The second-order valence-corrected chi connectivity index (χ2v) is 5.88. The van der Waals surface area contributed by atoms with Gasteiger partial charge in [0.15, 0.2) is 5.78 Å². The van der Waals surface area contributed by atoms with Crippen LogP contribution in [0.3, 0.4) is 0 Å². The third kappa shape index (κ3) is 2.91. The number of carbonyl (C=O) groups excluding carboxylic acids is 3. The summed E-state index contributed by atoms with van der Waals surface area (Å²) in [6.07, 6.45) is 0.353. The first-order chi connectivity index (χ1) is 12.0. The molecule has 1 aliphatic heterocycles. The van der Waals surface area contributed by atoms with Gasteiger partial charge in [-0.05, 0) is 24.1 Å². The van der Waals surface area contributed by atoms with Crippen LogP contribution in [-0.4, -0.2) is 29.2 Å². The van der Waals surface area contributed by atoms with E-state index in [1.807, 2.05) is 6.07 Å². The third-order valence-corrected chi connectivity index (χ3v) is 4.42. The second kappa shape index (κ2) is 6.47. The number of imide groups is 1. The zero-order valence-electron chi connectivity index (χ0n) is 13.7. The fourth-order valence-electron chi connectivity index (χ4n) is 3.03. The minimum Gasteiger partial charge on any atom is -0.319 e. The number of nitrogens with zero attached hydrogens (tertiary/aromatic N) is 1. The van der Waals surface area contributed by atoms with Gasteiger partial charge in [-0.1, -0.05) is 49.4 Å². The molecular formula is C19H17FN2O3. The van der Waals surface area contributed by atoms with Crippen LogP contribution >= 0.6 is 0 Å². The van der Waals surface area contributed by atoms with Crippen LogP contribution in [0, 0.1) is 5.82 Å². The Hall–Kier alpha value is -3.02. The summed E-state index contributed by atoms with van der Waals surface area (Å²) in [5.41, 5.74) is -0.397. The third-order valence-electron chi connectivity index (χ3n) is 4.42. The Morgan fingerprint density at radius 3 is 2.48 bits per heavy atom. The highest BCUT2D eigenvalue weighted by Crippen LogP contribution is 2.32. The van der Waals surface area contributed by atoms with Crippen molar-refractivity contribution in [3.05, 3.63) is 71.5 Å². The van der Waals surface area contributed by atoms with Crippen LogP contribution in [0.2, 0.25) is 0 Å². The summed E-state index contributed by atoms with van der Waals surface area (Å²) in [5, 5.41) is 2.71.